The predicted octanol–water partition coefficient (Wildman–Crippen LogP) is 11.9. The highest BCUT2D eigenvalue weighted by Gasteiger charge is 2.69. The fourth-order valence-electron chi connectivity index (χ4n) is 7.21. The van der Waals surface area contributed by atoms with Crippen LogP contribution in [-0.2, 0) is 42.8 Å². The molecule has 0 amide bonds. The minimum absolute atomic E-state index is 0.0172. The van der Waals surface area contributed by atoms with E-state index in [4.69, 9.17) is 27.5 Å². The molecular weight excluding hydrogens is 737 g/mol. The van der Waals surface area contributed by atoms with Crippen molar-refractivity contribution in [3.63, 3.8) is 0 Å². The van der Waals surface area contributed by atoms with E-state index in [0.29, 0.717) is 32.0 Å². The molecule has 4 rings (SSSR count). The van der Waals surface area contributed by atoms with E-state index in [1.807, 2.05) is 38.3 Å². The molecule has 314 valence electrons. The Morgan fingerprint density at radius 2 is 1.59 bits per heavy atom. The molecular formula is C46H74O8Si2. The molecule has 2 heterocycles. The van der Waals surface area contributed by atoms with Gasteiger partial charge in [-0.05, 0) is 85.6 Å². The molecule has 0 spiro atoms. The SMILES string of the molecule is CCCC(c1coc2c(CO[Si](C)(C)C(C)(C)C)c(OCc3ccccc3)c(CC(C)C)cc12)C(O)C[C@H](O[Si](C)(C)C(C)(C)C)C1(C(=O)OCC)O[C@@H]1CC. The lowest BCUT2D eigenvalue weighted by molar-refractivity contribution is -0.154. The molecule has 1 N–H and O–H groups in total. The largest absolute Gasteiger partial charge is 0.488 e. The summed E-state index contributed by atoms with van der Waals surface area (Å²) in [5, 5.41) is 13.4. The normalized spacial score (nSPS) is 19.6. The van der Waals surface area contributed by atoms with Crippen LogP contribution in [0.2, 0.25) is 36.3 Å². The maximum Gasteiger partial charge on any atom is 0.343 e. The molecule has 3 aromatic rings. The Morgan fingerprint density at radius 3 is 2.12 bits per heavy atom. The van der Waals surface area contributed by atoms with Crippen LogP contribution in [0.3, 0.4) is 0 Å². The van der Waals surface area contributed by atoms with Crippen molar-refractivity contribution < 1.29 is 37.4 Å². The Labute approximate surface area is 340 Å². The van der Waals surface area contributed by atoms with Gasteiger partial charge in [0.05, 0.1) is 37.2 Å². The van der Waals surface area contributed by atoms with E-state index in [0.717, 1.165) is 51.8 Å². The number of aliphatic hydroxyl groups is 1. The third-order valence-electron chi connectivity index (χ3n) is 12.6. The lowest BCUT2D eigenvalue weighted by Gasteiger charge is -2.41. The second-order valence-electron chi connectivity index (χ2n) is 19.4. The highest BCUT2D eigenvalue weighted by molar-refractivity contribution is 6.74. The Morgan fingerprint density at radius 1 is 0.946 bits per heavy atom. The van der Waals surface area contributed by atoms with Crippen molar-refractivity contribution in [2.45, 2.75) is 188 Å². The number of aliphatic hydroxyl groups excluding tert-OH is 1. The van der Waals surface area contributed by atoms with Gasteiger partial charge in [0.1, 0.15) is 24.0 Å². The van der Waals surface area contributed by atoms with Crippen LogP contribution in [-0.4, -0.2) is 58.2 Å². The molecule has 1 aliphatic rings. The quantitative estimate of drug-likeness (QED) is 0.0684. The first-order chi connectivity index (χ1) is 26.0. The van der Waals surface area contributed by atoms with Crippen molar-refractivity contribution in [1.82, 2.24) is 0 Å². The number of esters is 1. The molecule has 3 unspecified atom stereocenters. The molecule has 5 atom stereocenters. The van der Waals surface area contributed by atoms with Gasteiger partial charge >= 0.3 is 5.97 Å². The molecule has 1 aliphatic heterocycles. The minimum atomic E-state index is -2.43. The first-order valence-corrected chi connectivity index (χ1v) is 26.9. The Bertz CT molecular complexity index is 1740. The zero-order chi connectivity index (χ0) is 41.9. The zero-order valence-corrected chi connectivity index (χ0v) is 39.4. The second kappa shape index (κ2) is 18.2. The van der Waals surface area contributed by atoms with Gasteiger partial charge in [-0.25, -0.2) is 4.79 Å². The van der Waals surface area contributed by atoms with Gasteiger partial charge in [-0.15, -0.1) is 0 Å². The molecule has 2 aromatic carbocycles. The van der Waals surface area contributed by atoms with Crippen molar-refractivity contribution in [3.05, 3.63) is 64.9 Å². The molecule has 8 nitrogen and oxygen atoms in total. The summed E-state index contributed by atoms with van der Waals surface area (Å²) in [6, 6.07) is 12.5. The summed E-state index contributed by atoms with van der Waals surface area (Å²) in [5.41, 5.74) is 3.53. The smallest absolute Gasteiger partial charge is 0.343 e. The maximum absolute atomic E-state index is 13.8. The van der Waals surface area contributed by atoms with Crippen molar-refractivity contribution in [3.8, 4) is 5.75 Å². The van der Waals surface area contributed by atoms with Crippen molar-refractivity contribution in [2.75, 3.05) is 6.61 Å². The summed E-state index contributed by atoms with van der Waals surface area (Å²) in [6.45, 7) is 33.7. The van der Waals surface area contributed by atoms with Crippen LogP contribution in [0.1, 0.15) is 130 Å². The van der Waals surface area contributed by atoms with Gasteiger partial charge in [0.25, 0.3) is 0 Å². The molecule has 0 aliphatic carbocycles. The third kappa shape index (κ3) is 10.2. The fourth-order valence-corrected chi connectivity index (χ4v) is 9.48. The van der Waals surface area contributed by atoms with Crippen molar-refractivity contribution in [2.24, 2.45) is 5.92 Å². The van der Waals surface area contributed by atoms with Crippen molar-refractivity contribution >= 4 is 33.6 Å². The highest BCUT2D eigenvalue weighted by atomic mass is 28.4. The topological polar surface area (TPSA) is 99.9 Å². The Kier molecular flexibility index (Phi) is 15.0. The molecule has 0 radical (unpaired) electrons. The number of hydrogen-bond acceptors (Lipinski definition) is 8. The van der Waals surface area contributed by atoms with Gasteiger partial charge in [0, 0.05) is 23.3 Å². The van der Waals surface area contributed by atoms with E-state index in [2.05, 4.69) is 107 Å². The van der Waals surface area contributed by atoms with E-state index in [1.54, 1.807) is 0 Å². The molecule has 0 saturated carbocycles. The Hall–Kier alpha value is -2.48. The van der Waals surface area contributed by atoms with Gasteiger partial charge in [-0.1, -0.05) is 106 Å². The lowest BCUT2D eigenvalue weighted by atomic mass is 9.83. The number of carbonyl (C=O) groups is 1. The number of furan rings is 1. The van der Waals surface area contributed by atoms with Crippen LogP contribution in [0.25, 0.3) is 11.0 Å². The number of ether oxygens (including phenoxy) is 3. The van der Waals surface area contributed by atoms with Crippen LogP contribution in [0.5, 0.6) is 5.75 Å². The number of carbonyl (C=O) groups excluding carboxylic acids is 1. The van der Waals surface area contributed by atoms with E-state index >= 15 is 0 Å². The lowest BCUT2D eigenvalue weighted by Crippen LogP contribution is -2.53. The molecule has 10 heteroatoms. The van der Waals surface area contributed by atoms with Crippen LogP contribution >= 0.6 is 0 Å². The van der Waals surface area contributed by atoms with Gasteiger partial charge in [0.2, 0.25) is 5.60 Å². The van der Waals surface area contributed by atoms with Gasteiger partial charge < -0.3 is 32.6 Å². The Balaban J connectivity index is 1.86. The first-order valence-electron chi connectivity index (χ1n) is 21.1. The van der Waals surface area contributed by atoms with E-state index in [9.17, 15) is 9.90 Å². The molecule has 1 aromatic heterocycles. The molecule has 56 heavy (non-hydrogen) atoms. The summed E-state index contributed by atoms with van der Waals surface area (Å²) in [5.74, 6) is 0.488. The third-order valence-corrected chi connectivity index (χ3v) is 21.6. The van der Waals surface area contributed by atoms with E-state index < -0.39 is 40.4 Å². The second-order valence-corrected chi connectivity index (χ2v) is 29.0. The summed E-state index contributed by atoms with van der Waals surface area (Å²) in [6.07, 6.45) is 3.19. The monoisotopic (exact) mass is 810 g/mol. The highest BCUT2D eigenvalue weighted by Crippen LogP contribution is 2.50. The number of epoxide rings is 1. The van der Waals surface area contributed by atoms with Crippen LogP contribution < -0.4 is 4.74 Å². The number of fused-ring (bicyclic) bond motifs is 1. The summed E-state index contributed by atoms with van der Waals surface area (Å²) in [4.78, 5) is 13.8. The zero-order valence-electron chi connectivity index (χ0n) is 37.4. The molecule has 1 fully saturated rings. The van der Waals surface area contributed by atoms with Crippen molar-refractivity contribution in [1.29, 1.82) is 0 Å². The maximum atomic E-state index is 13.8. The van der Waals surface area contributed by atoms with Crippen LogP contribution in [0.15, 0.2) is 47.1 Å². The van der Waals surface area contributed by atoms with E-state index in [-0.39, 0.29) is 35.1 Å². The van der Waals surface area contributed by atoms with Gasteiger partial charge in [-0.3, -0.25) is 0 Å². The average Bonchev–Trinajstić information content (AvgIpc) is 3.72. The number of hydrogen-bond donors (Lipinski definition) is 1. The van der Waals surface area contributed by atoms with Gasteiger partial charge in [0.15, 0.2) is 16.6 Å². The molecule has 1 saturated heterocycles. The fraction of sp³-hybridized carbons (Fsp3) is 0.674. The predicted molar refractivity (Wildman–Crippen MR) is 232 cm³/mol. The molecule has 0 bridgehead atoms. The first kappa shape index (κ1) is 46.2. The summed E-state index contributed by atoms with van der Waals surface area (Å²) in [7, 11) is -4.59. The standard InChI is InChI=1S/C46H74O8Si2/c1-16-22-34(38(47)27-40(54-56(14,15)45(9,10)11)46(39(17-2)53-46)43(48)49-18-3)36-29-51-42-35(36)26-33(25-31(4)5)41(50-28-32-23-20-19-21-24-32)37(42)30-52-55(12,13)44(6,7)8/h19-21,23-24,26,29,31,34,38-40,47H,16-18,22,25,27-28,30H2,1-15H3/t34?,38?,39-,40+,46?/m1/s1. The van der Waals surface area contributed by atoms with Crippen LogP contribution in [0.4, 0.5) is 0 Å². The number of rotatable bonds is 20. The van der Waals surface area contributed by atoms with E-state index in [1.165, 1.54) is 0 Å². The summed E-state index contributed by atoms with van der Waals surface area (Å²) < 4.78 is 39.3. The van der Waals surface area contributed by atoms with Crippen LogP contribution in [0, 0.1) is 5.92 Å². The van der Waals surface area contributed by atoms with Gasteiger partial charge in [-0.2, -0.15) is 0 Å². The average molecular weight is 811 g/mol. The summed E-state index contributed by atoms with van der Waals surface area (Å²) >= 11 is 0. The number of benzene rings is 2. The minimum Gasteiger partial charge on any atom is -0.488 e.